The number of fused-ring (bicyclic) bond motifs is 1. The molecule has 0 bridgehead atoms. The number of esters is 1. The van der Waals surface area contributed by atoms with Crippen molar-refractivity contribution in [1.82, 2.24) is 4.57 Å². The van der Waals surface area contributed by atoms with Crippen LogP contribution in [0.3, 0.4) is 0 Å². The second-order valence-corrected chi connectivity index (χ2v) is 11.9. The first-order valence-corrected chi connectivity index (χ1v) is 15.9. The molecule has 0 saturated heterocycles. The lowest BCUT2D eigenvalue weighted by molar-refractivity contribution is -0.139. The van der Waals surface area contributed by atoms with Crippen molar-refractivity contribution in [3.63, 3.8) is 0 Å². The molecule has 10 heteroatoms. The molecule has 1 aromatic heterocycles. The van der Waals surface area contributed by atoms with Gasteiger partial charge in [-0.05, 0) is 73.0 Å². The van der Waals surface area contributed by atoms with Crippen molar-refractivity contribution in [2.24, 2.45) is 4.99 Å². The minimum Gasteiger partial charge on any atom is -0.497 e. The van der Waals surface area contributed by atoms with Gasteiger partial charge in [0.2, 0.25) is 0 Å². The molecule has 1 aliphatic heterocycles. The van der Waals surface area contributed by atoms with Gasteiger partial charge >= 0.3 is 5.97 Å². The van der Waals surface area contributed by atoms with Crippen LogP contribution < -0.4 is 29.1 Å². The van der Waals surface area contributed by atoms with Crippen LogP contribution in [0.15, 0.2) is 92.3 Å². The molecule has 0 N–H and O–H groups in total. The van der Waals surface area contributed by atoms with E-state index in [-0.39, 0.29) is 12.2 Å². The first-order chi connectivity index (χ1) is 21.4. The van der Waals surface area contributed by atoms with Crippen LogP contribution in [-0.4, -0.2) is 31.4 Å². The third kappa shape index (κ3) is 6.66. The van der Waals surface area contributed by atoms with E-state index in [1.54, 1.807) is 25.7 Å². The van der Waals surface area contributed by atoms with Crippen LogP contribution >= 0.6 is 27.3 Å². The summed E-state index contributed by atoms with van der Waals surface area (Å²) in [6.45, 7) is 4.41. The van der Waals surface area contributed by atoms with Gasteiger partial charge in [-0.15, -0.1) is 0 Å². The average Bonchev–Trinajstić information content (AvgIpc) is 3.34. The number of allylic oxidation sites excluding steroid dienone is 1. The Balaban J connectivity index is 1.54. The highest BCUT2D eigenvalue weighted by atomic mass is 79.9. The SMILES string of the molecule is CCCC1=C(C(=O)OCC)[C@H](c2cc(Br)ccc2OC)n2c(s/c(=C/c3ccc(OCc4ccc(OC)cc4)cc3)c2=O)=N1. The Morgan fingerprint density at radius 2 is 1.73 bits per heavy atom. The standard InChI is InChI=1S/C34H33BrN2O6S/c1-5-7-27-30(33(39)42-6-2)31(26-19-23(35)12-17-28(26)41-4)37-32(38)29(44-34(37)36-27)18-21-8-15-25(16-9-21)43-20-22-10-13-24(40-3)14-11-22/h8-19,31H,5-7,20H2,1-4H3/b29-18+/t31-/m0/s1. The Kier molecular flexibility index (Phi) is 10.0. The molecule has 5 rings (SSSR count). The van der Waals surface area contributed by atoms with Crippen molar-refractivity contribution < 1.29 is 23.7 Å². The van der Waals surface area contributed by atoms with Crippen LogP contribution in [0.2, 0.25) is 0 Å². The maximum absolute atomic E-state index is 14.1. The largest absolute Gasteiger partial charge is 0.497 e. The highest BCUT2D eigenvalue weighted by molar-refractivity contribution is 9.10. The number of carbonyl (C=O) groups is 1. The van der Waals surface area contributed by atoms with Crippen LogP contribution in [0.25, 0.3) is 6.08 Å². The lowest BCUT2D eigenvalue weighted by Crippen LogP contribution is -2.40. The number of hydrogen-bond donors (Lipinski definition) is 0. The third-order valence-corrected chi connectivity index (χ3v) is 8.60. The molecule has 0 aliphatic carbocycles. The molecule has 0 amide bonds. The fraction of sp³-hybridized carbons (Fsp3) is 0.265. The molecule has 3 aromatic carbocycles. The van der Waals surface area contributed by atoms with E-state index >= 15 is 0 Å². The maximum atomic E-state index is 14.1. The number of methoxy groups -OCH3 is 2. The molecule has 0 unspecified atom stereocenters. The summed E-state index contributed by atoms with van der Waals surface area (Å²) < 4.78 is 25.2. The Bertz CT molecular complexity index is 1860. The lowest BCUT2D eigenvalue weighted by Gasteiger charge is -2.27. The van der Waals surface area contributed by atoms with Crippen LogP contribution in [0, 0.1) is 0 Å². The predicted octanol–water partition coefficient (Wildman–Crippen LogP) is 5.94. The Morgan fingerprint density at radius 3 is 2.39 bits per heavy atom. The molecular formula is C34H33BrN2O6S. The van der Waals surface area contributed by atoms with Gasteiger partial charge in [0.1, 0.15) is 29.9 Å². The summed E-state index contributed by atoms with van der Waals surface area (Å²) in [6.07, 6.45) is 3.16. The number of carbonyl (C=O) groups excluding carboxylic acids is 1. The molecule has 0 saturated carbocycles. The van der Waals surface area contributed by atoms with Gasteiger partial charge in [0.15, 0.2) is 4.80 Å². The van der Waals surface area contributed by atoms with Gasteiger partial charge in [0.05, 0.1) is 36.6 Å². The van der Waals surface area contributed by atoms with E-state index in [2.05, 4.69) is 15.9 Å². The van der Waals surface area contributed by atoms with Gasteiger partial charge in [0, 0.05) is 10.0 Å². The smallest absolute Gasteiger partial charge is 0.338 e. The van der Waals surface area contributed by atoms with E-state index in [1.165, 1.54) is 11.3 Å². The first-order valence-electron chi connectivity index (χ1n) is 14.3. The molecular weight excluding hydrogens is 644 g/mol. The van der Waals surface area contributed by atoms with Crippen molar-refractivity contribution in [2.45, 2.75) is 39.3 Å². The minimum atomic E-state index is -0.768. The van der Waals surface area contributed by atoms with Gasteiger partial charge in [-0.1, -0.05) is 64.9 Å². The highest BCUT2D eigenvalue weighted by Gasteiger charge is 2.36. The van der Waals surface area contributed by atoms with Gasteiger partial charge in [-0.3, -0.25) is 9.36 Å². The van der Waals surface area contributed by atoms with E-state index in [0.29, 0.717) is 50.7 Å². The molecule has 1 aliphatic rings. The number of halogens is 1. The fourth-order valence-corrected chi connectivity index (χ4v) is 6.43. The lowest BCUT2D eigenvalue weighted by atomic mass is 9.93. The van der Waals surface area contributed by atoms with Crippen LogP contribution in [0.4, 0.5) is 0 Å². The predicted molar refractivity (Wildman–Crippen MR) is 174 cm³/mol. The van der Waals surface area contributed by atoms with Crippen molar-refractivity contribution in [3.8, 4) is 17.2 Å². The summed E-state index contributed by atoms with van der Waals surface area (Å²) in [5.74, 6) is 1.57. The number of ether oxygens (including phenoxy) is 4. The quantitative estimate of drug-likeness (QED) is 0.183. The molecule has 8 nitrogen and oxygen atoms in total. The highest BCUT2D eigenvalue weighted by Crippen LogP contribution is 2.38. The van der Waals surface area contributed by atoms with E-state index in [9.17, 15) is 9.59 Å². The molecule has 1 atom stereocenters. The first kappa shape index (κ1) is 31.3. The topological polar surface area (TPSA) is 88.4 Å². The molecule has 4 aromatic rings. The molecule has 2 heterocycles. The maximum Gasteiger partial charge on any atom is 0.338 e. The van der Waals surface area contributed by atoms with E-state index < -0.39 is 12.0 Å². The summed E-state index contributed by atoms with van der Waals surface area (Å²) in [7, 11) is 3.21. The zero-order valence-corrected chi connectivity index (χ0v) is 27.4. The summed E-state index contributed by atoms with van der Waals surface area (Å²) in [6, 6.07) is 20.1. The Hall–Kier alpha value is -4.15. The van der Waals surface area contributed by atoms with Crippen LogP contribution in [-0.2, 0) is 16.1 Å². The summed E-state index contributed by atoms with van der Waals surface area (Å²) in [4.78, 5) is 32.9. The number of hydrogen-bond acceptors (Lipinski definition) is 8. The summed E-state index contributed by atoms with van der Waals surface area (Å²) in [5.41, 5.74) is 3.24. The molecule has 228 valence electrons. The molecule has 44 heavy (non-hydrogen) atoms. The number of thiazole rings is 1. The van der Waals surface area contributed by atoms with Gasteiger partial charge in [-0.25, -0.2) is 9.79 Å². The Morgan fingerprint density at radius 1 is 1.00 bits per heavy atom. The van der Waals surface area contributed by atoms with Gasteiger partial charge < -0.3 is 18.9 Å². The number of rotatable bonds is 11. The van der Waals surface area contributed by atoms with Crippen molar-refractivity contribution in [1.29, 1.82) is 0 Å². The van der Waals surface area contributed by atoms with E-state index in [1.807, 2.05) is 79.7 Å². The summed E-state index contributed by atoms with van der Waals surface area (Å²) >= 11 is 4.84. The van der Waals surface area contributed by atoms with Crippen molar-refractivity contribution in [3.05, 3.63) is 119 Å². The number of benzene rings is 3. The molecule has 0 fully saturated rings. The van der Waals surface area contributed by atoms with Gasteiger partial charge in [0.25, 0.3) is 5.56 Å². The van der Waals surface area contributed by atoms with Crippen molar-refractivity contribution >= 4 is 39.3 Å². The van der Waals surface area contributed by atoms with E-state index in [0.717, 1.165) is 27.8 Å². The summed E-state index contributed by atoms with van der Waals surface area (Å²) in [5, 5.41) is 0. The second kappa shape index (κ2) is 14.1. The van der Waals surface area contributed by atoms with E-state index in [4.69, 9.17) is 23.9 Å². The van der Waals surface area contributed by atoms with Gasteiger partial charge in [-0.2, -0.15) is 0 Å². The zero-order valence-electron chi connectivity index (χ0n) is 25.0. The third-order valence-electron chi connectivity index (χ3n) is 7.12. The van der Waals surface area contributed by atoms with Crippen molar-refractivity contribution in [2.75, 3.05) is 20.8 Å². The normalized spacial score (nSPS) is 14.6. The van der Waals surface area contributed by atoms with Crippen LogP contribution in [0.1, 0.15) is 49.4 Å². The minimum absolute atomic E-state index is 0.203. The van der Waals surface area contributed by atoms with Crippen LogP contribution in [0.5, 0.6) is 17.2 Å². The number of aromatic nitrogens is 1. The zero-order chi connectivity index (χ0) is 31.2. The second-order valence-electron chi connectivity index (χ2n) is 10.0. The fourth-order valence-electron chi connectivity index (χ4n) is 5.03. The Labute approximate surface area is 268 Å². The number of nitrogens with zero attached hydrogens (tertiary/aromatic N) is 2. The molecule has 0 radical (unpaired) electrons. The average molecular weight is 678 g/mol. The molecule has 0 spiro atoms. The monoisotopic (exact) mass is 676 g/mol.